The standard InChI is InChI=1S/C19H21BrN2O3S/c1-4-24-17-10-5-13(11-16(17)20)18(23)22-19(26)21-14-6-8-15(9-7-14)25-12(2)3/h5-12H,4H2,1-3H3,(H2,21,22,23,26). The molecule has 0 aromatic heterocycles. The summed E-state index contributed by atoms with van der Waals surface area (Å²) in [6.07, 6.45) is 0.114. The van der Waals surface area contributed by atoms with Crippen LogP contribution in [0, 0.1) is 0 Å². The summed E-state index contributed by atoms with van der Waals surface area (Å²) in [6.45, 7) is 6.39. The van der Waals surface area contributed by atoms with Gasteiger partial charge >= 0.3 is 0 Å². The van der Waals surface area contributed by atoms with Crippen LogP contribution in [0.4, 0.5) is 5.69 Å². The molecule has 7 heteroatoms. The van der Waals surface area contributed by atoms with Gasteiger partial charge in [0, 0.05) is 11.3 Å². The zero-order valence-corrected chi connectivity index (χ0v) is 17.2. The summed E-state index contributed by atoms with van der Waals surface area (Å²) in [4.78, 5) is 12.3. The molecule has 138 valence electrons. The minimum absolute atomic E-state index is 0.114. The van der Waals surface area contributed by atoms with Crippen LogP contribution < -0.4 is 20.1 Å². The summed E-state index contributed by atoms with van der Waals surface area (Å²) in [5.74, 6) is 1.17. The Morgan fingerprint density at radius 2 is 1.88 bits per heavy atom. The van der Waals surface area contributed by atoms with Gasteiger partial charge < -0.3 is 14.8 Å². The van der Waals surface area contributed by atoms with Crippen molar-refractivity contribution < 1.29 is 14.3 Å². The molecule has 0 atom stereocenters. The first-order valence-electron chi connectivity index (χ1n) is 8.20. The lowest BCUT2D eigenvalue weighted by atomic mass is 10.2. The van der Waals surface area contributed by atoms with E-state index in [-0.39, 0.29) is 17.1 Å². The molecule has 2 aromatic carbocycles. The monoisotopic (exact) mass is 436 g/mol. The summed E-state index contributed by atoms with van der Waals surface area (Å²) < 4.78 is 11.7. The second kappa shape index (κ2) is 9.54. The molecule has 5 nitrogen and oxygen atoms in total. The molecular formula is C19H21BrN2O3S. The van der Waals surface area contributed by atoms with Crippen molar-refractivity contribution in [1.82, 2.24) is 5.32 Å². The average molecular weight is 437 g/mol. The lowest BCUT2D eigenvalue weighted by Gasteiger charge is -2.12. The van der Waals surface area contributed by atoms with Crippen LogP contribution in [0.2, 0.25) is 0 Å². The van der Waals surface area contributed by atoms with E-state index in [1.807, 2.05) is 45.0 Å². The topological polar surface area (TPSA) is 59.6 Å². The van der Waals surface area contributed by atoms with E-state index in [1.165, 1.54) is 0 Å². The fraction of sp³-hybridized carbons (Fsp3) is 0.263. The zero-order chi connectivity index (χ0) is 19.1. The number of hydrogen-bond acceptors (Lipinski definition) is 4. The smallest absolute Gasteiger partial charge is 0.257 e. The van der Waals surface area contributed by atoms with E-state index in [0.717, 1.165) is 11.4 Å². The Balaban J connectivity index is 1.94. The molecule has 0 saturated carbocycles. The Labute approximate surface area is 167 Å². The number of ether oxygens (including phenoxy) is 2. The number of halogens is 1. The molecule has 0 heterocycles. The molecule has 0 aliphatic rings. The van der Waals surface area contributed by atoms with Gasteiger partial charge in [-0.3, -0.25) is 10.1 Å². The van der Waals surface area contributed by atoms with Gasteiger partial charge in [-0.2, -0.15) is 0 Å². The lowest BCUT2D eigenvalue weighted by Crippen LogP contribution is -2.34. The maximum Gasteiger partial charge on any atom is 0.257 e. The molecule has 0 saturated heterocycles. The number of hydrogen-bond donors (Lipinski definition) is 2. The van der Waals surface area contributed by atoms with Crippen molar-refractivity contribution in [3.05, 3.63) is 52.5 Å². The van der Waals surface area contributed by atoms with Gasteiger partial charge in [-0.1, -0.05) is 0 Å². The number of carbonyl (C=O) groups excluding carboxylic acids is 1. The highest BCUT2D eigenvalue weighted by Crippen LogP contribution is 2.26. The summed E-state index contributed by atoms with van der Waals surface area (Å²) in [7, 11) is 0. The molecular weight excluding hydrogens is 416 g/mol. The number of benzene rings is 2. The van der Waals surface area contributed by atoms with Crippen LogP contribution in [-0.4, -0.2) is 23.7 Å². The van der Waals surface area contributed by atoms with E-state index in [1.54, 1.807) is 18.2 Å². The number of nitrogens with one attached hydrogen (secondary N) is 2. The molecule has 2 aromatic rings. The number of carbonyl (C=O) groups is 1. The van der Waals surface area contributed by atoms with Crippen molar-refractivity contribution in [2.24, 2.45) is 0 Å². The van der Waals surface area contributed by atoms with Crippen molar-refractivity contribution in [3.8, 4) is 11.5 Å². The Hall–Kier alpha value is -2.12. The van der Waals surface area contributed by atoms with Crippen LogP contribution in [0.1, 0.15) is 31.1 Å². The van der Waals surface area contributed by atoms with Crippen molar-refractivity contribution in [2.45, 2.75) is 26.9 Å². The third-order valence-corrected chi connectivity index (χ3v) is 4.03. The highest BCUT2D eigenvalue weighted by Gasteiger charge is 2.11. The first-order valence-corrected chi connectivity index (χ1v) is 9.40. The molecule has 2 N–H and O–H groups in total. The summed E-state index contributed by atoms with van der Waals surface area (Å²) in [5, 5.41) is 5.86. The summed E-state index contributed by atoms with van der Waals surface area (Å²) >= 11 is 8.60. The van der Waals surface area contributed by atoms with Crippen LogP contribution in [0.15, 0.2) is 46.9 Å². The van der Waals surface area contributed by atoms with Gasteiger partial charge in [-0.25, -0.2) is 0 Å². The van der Waals surface area contributed by atoms with E-state index >= 15 is 0 Å². The fourth-order valence-corrected chi connectivity index (χ4v) is 2.85. The van der Waals surface area contributed by atoms with Crippen LogP contribution in [0.3, 0.4) is 0 Å². The molecule has 1 amide bonds. The summed E-state index contributed by atoms with van der Waals surface area (Å²) in [5.41, 5.74) is 1.24. The van der Waals surface area contributed by atoms with Crippen LogP contribution >= 0.6 is 28.1 Å². The molecule has 0 unspecified atom stereocenters. The SMILES string of the molecule is CCOc1ccc(C(=O)NC(=S)Nc2ccc(OC(C)C)cc2)cc1Br. The van der Waals surface area contributed by atoms with E-state index < -0.39 is 0 Å². The number of amides is 1. The van der Waals surface area contributed by atoms with Gasteiger partial charge in [0.25, 0.3) is 5.91 Å². The van der Waals surface area contributed by atoms with Crippen molar-refractivity contribution in [1.29, 1.82) is 0 Å². The third-order valence-electron chi connectivity index (χ3n) is 3.20. The van der Waals surface area contributed by atoms with Gasteiger partial charge in [0.1, 0.15) is 11.5 Å². The molecule has 0 spiro atoms. The van der Waals surface area contributed by atoms with Gasteiger partial charge in [0.2, 0.25) is 0 Å². The highest BCUT2D eigenvalue weighted by atomic mass is 79.9. The molecule has 0 bridgehead atoms. The average Bonchev–Trinajstić information content (AvgIpc) is 2.58. The minimum Gasteiger partial charge on any atom is -0.493 e. The Morgan fingerprint density at radius 1 is 1.19 bits per heavy atom. The largest absolute Gasteiger partial charge is 0.493 e. The second-order valence-electron chi connectivity index (χ2n) is 5.68. The molecule has 0 radical (unpaired) electrons. The Kier molecular flexibility index (Phi) is 7.41. The first-order chi connectivity index (χ1) is 12.4. The predicted molar refractivity (Wildman–Crippen MR) is 111 cm³/mol. The molecule has 0 aliphatic heterocycles. The highest BCUT2D eigenvalue weighted by molar-refractivity contribution is 9.10. The normalized spacial score (nSPS) is 10.3. The van der Waals surface area contributed by atoms with Gasteiger partial charge in [-0.15, -0.1) is 0 Å². The third kappa shape index (κ3) is 6.00. The van der Waals surface area contributed by atoms with Crippen molar-refractivity contribution in [2.75, 3.05) is 11.9 Å². The van der Waals surface area contributed by atoms with Crippen molar-refractivity contribution >= 4 is 44.9 Å². The Morgan fingerprint density at radius 3 is 2.46 bits per heavy atom. The molecule has 2 rings (SSSR count). The first kappa shape index (κ1) is 20.2. The lowest BCUT2D eigenvalue weighted by molar-refractivity contribution is 0.0977. The van der Waals surface area contributed by atoms with Gasteiger partial charge in [0.05, 0.1) is 17.2 Å². The van der Waals surface area contributed by atoms with Crippen LogP contribution in [0.25, 0.3) is 0 Å². The van der Waals surface area contributed by atoms with Gasteiger partial charge in [0.15, 0.2) is 5.11 Å². The van der Waals surface area contributed by atoms with Crippen molar-refractivity contribution in [3.63, 3.8) is 0 Å². The van der Waals surface area contributed by atoms with E-state index in [4.69, 9.17) is 21.7 Å². The minimum atomic E-state index is -0.300. The fourth-order valence-electron chi connectivity index (χ4n) is 2.14. The predicted octanol–water partition coefficient (Wildman–Crippen LogP) is 4.76. The van der Waals surface area contributed by atoms with E-state index in [9.17, 15) is 4.79 Å². The van der Waals surface area contributed by atoms with E-state index in [0.29, 0.717) is 22.4 Å². The van der Waals surface area contributed by atoms with E-state index in [2.05, 4.69) is 26.6 Å². The number of rotatable bonds is 6. The molecule has 0 fully saturated rings. The second-order valence-corrected chi connectivity index (χ2v) is 6.94. The maximum atomic E-state index is 12.3. The van der Waals surface area contributed by atoms with Crippen LogP contribution in [-0.2, 0) is 0 Å². The Bertz CT molecular complexity index is 779. The number of thiocarbonyl (C=S) groups is 1. The zero-order valence-electron chi connectivity index (χ0n) is 14.8. The molecule has 0 aliphatic carbocycles. The van der Waals surface area contributed by atoms with Gasteiger partial charge in [-0.05, 0) is 91.4 Å². The number of anilines is 1. The maximum absolute atomic E-state index is 12.3. The molecule has 26 heavy (non-hydrogen) atoms. The quantitative estimate of drug-likeness (QED) is 0.639. The summed E-state index contributed by atoms with van der Waals surface area (Å²) in [6, 6.07) is 12.5. The van der Waals surface area contributed by atoms with Crippen LogP contribution in [0.5, 0.6) is 11.5 Å².